The number of carbonyl (C=O) groups excluding carboxylic acids is 2. The average Bonchev–Trinajstić information content (AvgIpc) is 4.03. The van der Waals surface area contributed by atoms with Crippen LogP contribution < -0.4 is 10.7 Å². The Kier molecular flexibility index (Phi) is 14.5. The van der Waals surface area contributed by atoms with Gasteiger partial charge in [0.15, 0.2) is 0 Å². The summed E-state index contributed by atoms with van der Waals surface area (Å²) in [7, 11) is 5.42. The number of aromatic nitrogens is 3. The van der Waals surface area contributed by atoms with E-state index in [9.17, 15) is 9.59 Å². The Hall–Kier alpha value is -4.20. The van der Waals surface area contributed by atoms with Crippen LogP contribution in [0.2, 0.25) is 0 Å². The predicted molar refractivity (Wildman–Crippen MR) is 257 cm³/mol. The first-order chi connectivity index (χ1) is 31.2. The summed E-state index contributed by atoms with van der Waals surface area (Å²) in [6.45, 7) is 18.7. The Bertz CT molecular complexity index is 2390. The molecule has 9 rings (SSSR count). The van der Waals surface area contributed by atoms with Gasteiger partial charge in [0.25, 0.3) is 5.91 Å². The number of thiazole rings is 1. The van der Waals surface area contributed by atoms with E-state index < -0.39 is 6.04 Å². The van der Waals surface area contributed by atoms with E-state index in [1.807, 2.05) is 11.9 Å². The lowest BCUT2D eigenvalue weighted by atomic mass is 9.78. The average molecular weight is 907 g/mol. The number of carbonyl (C=O) groups is 2. The minimum absolute atomic E-state index is 0.0784. The molecule has 350 valence electrons. The first-order valence-electron chi connectivity index (χ1n) is 23.8. The van der Waals surface area contributed by atoms with Crippen molar-refractivity contribution >= 4 is 34.1 Å². The van der Waals surface area contributed by atoms with Gasteiger partial charge < -0.3 is 19.5 Å². The molecule has 3 saturated heterocycles. The lowest BCUT2D eigenvalue weighted by Gasteiger charge is -2.50. The molecule has 0 radical (unpaired) electrons. The smallest absolute Gasteiger partial charge is 0.259 e. The molecule has 2 bridgehead atoms. The lowest BCUT2D eigenvalue weighted by molar-refractivity contribution is -0.287. The first-order valence-corrected chi connectivity index (χ1v) is 24.7. The zero-order valence-corrected chi connectivity index (χ0v) is 40.9. The van der Waals surface area contributed by atoms with E-state index in [4.69, 9.17) is 30.9 Å². The second-order valence-corrected chi connectivity index (χ2v) is 21.2. The van der Waals surface area contributed by atoms with Gasteiger partial charge in [-0.3, -0.25) is 24.5 Å². The first kappa shape index (κ1) is 47.3. The number of amides is 2. The van der Waals surface area contributed by atoms with E-state index in [1.54, 1.807) is 31.8 Å². The van der Waals surface area contributed by atoms with Gasteiger partial charge in [-0.25, -0.2) is 20.2 Å². The number of benzene rings is 1. The van der Waals surface area contributed by atoms with Gasteiger partial charge in [-0.15, -0.1) is 17.8 Å². The molecule has 1 aromatic carbocycles. The number of nitrogens with one attached hydrogen (secondary N) is 2. The number of fused-ring (bicyclic) bond motifs is 2. The number of aryl methyl sites for hydroxylation is 2. The minimum Gasteiger partial charge on any atom is -0.375 e. The van der Waals surface area contributed by atoms with Gasteiger partial charge >= 0.3 is 0 Å². The highest BCUT2D eigenvalue weighted by Crippen LogP contribution is 2.45. The largest absolute Gasteiger partial charge is 0.375 e. The number of nitrogens with zero attached hydrogens (tertiary/aromatic N) is 6. The lowest BCUT2D eigenvalue weighted by Crippen LogP contribution is -2.66. The van der Waals surface area contributed by atoms with Crippen molar-refractivity contribution < 1.29 is 24.1 Å². The number of terminal acetylenes is 1. The number of hydrazine groups is 1. The van der Waals surface area contributed by atoms with Gasteiger partial charge in [0.1, 0.15) is 6.04 Å². The van der Waals surface area contributed by atoms with E-state index in [0.717, 1.165) is 110 Å². The van der Waals surface area contributed by atoms with Crippen molar-refractivity contribution in [2.75, 3.05) is 60.6 Å². The summed E-state index contributed by atoms with van der Waals surface area (Å²) in [4.78, 5) is 54.6. The molecule has 1 aliphatic carbocycles. The molecule has 3 aromatic heterocycles. The zero-order chi connectivity index (χ0) is 46.2. The number of rotatable bonds is 19. The molecule has 5 aliphatic rings. The molecule has 7 heterocycles. The summed E-state index contributed by atoms with van der Waals surface area (Å²) >= 11 is 1.55. The Morgan fingerprint density at radius 3 is 2.65 bits per heavy atom. The molecule has 4 fully saturated rings. The van der Waals surface area contributed by atoms with Crippen molar-refractivity contribution in [3.05, 3.63) is 57.2 Å². The molecule has 13 nitrogen and oxygen atoms in total. The predicted octanol–water partition coefficient (Wildman–Crippen LogP) is 7.06. The molecule has 14 heteroatoms. The van der Waals surface area contributed by atoms with Crippen LogP contribution >= 0.6 is 11.3 Å². The number of pyridine rings is 1. The Labute approximate surface area is 389 Å². The van der Waals surface area contributed by atoms with E-state index in [2.05, 4.69) is 96.3 Å². The third-order valence-electron chi connectivity index (χ3n) is 14.4. The van der Waals surface area contributed by atoms with Gasteiger partial charge in [0.2, 0.25) is 5.91 Å². The van der Waals surface area contributed by atoms with Crippen LogP contribution in [-0.4, -0.2) is 120 Å². The van der Waals surface area contributed by atoms with Gasteiger partial charge in [0.05, 0.1) is 53.5 Å². The Morgan fingerprint density at radius 2 is 1.95 bits per heavy atom. The van der Waals surface area contributed by atoms with Crippen LogP contribution in [0.1, 0.15) is 101 Å². The van der Waals surface area contributed by atoms with Crippen LogP contribution in [-0.2, 0) is 49.9 Å². The Balaban J connectivity index is 1.15. The number of methoxy groups -OCH3 is 1. The Morgan fingerprint density at radius 1 is 1.15 bits per heavy atom. The number of ether oxygens (including phenoxy) is 1. The van der Waals surface area contributed by atoms with Crippen LogP contribution in [0.25, 0.3) is 33.4 Å². The number of likely N-dealkylation sites (tertiary alicyclic amines) is 1. The molecular weight excluding hydrogens is 837 g/mol. The van der Waals surface area contributed by atoms with Crippen LogP contribution in [0.5, 0.6) is 0 Å². The van der Waals surface area contributed by atoms with Crippen molar-refractivity contribution in [3.8, 4) is 34.9 Å². The molecule has 0 spiro atoms. The molecular formula is C51H70N8O5S. The van der Waals surface area contributed by atoms with Crippen LogP contribution in [0.15, 0.2) is 29.8 Å². The van der Waals surface area contributed by atoms with E-state index in [-0.39, 0.29) is 41.3 Å². The summed E-state index contributed by atoms with van der Waals surface area (Å²) in [5.41, 5.74) is 12.3. The second-order valence-electron chi connectivity index (χ2n) is 20.2. The molecule has 4 atom stereocenters. The molecule has 65 heavy (non-hydrogen) atoms. The summed E-state index contributed by atoms with van der Waals surface area (Å²) in [5, 5.41) is 9.20. The van der Waals surface area contributed by atoms with Crippen molar-refractivity contribution in [1.82, 2.24) is 40.1 Å². The summed E-state index contributed by atoms with van der Waals surface area (Å²) in [6.07, 6.45) is 13.5. The highest BCUT2D eigenvalue weighted by atomic mass is 32.1. The summed E-state index contributed by atoms with van der Waals surface area (Å²) < 4.78 is 8.34. The fourth-order valence-electron chi connectivity index (χ4n) is 10.8. The van der Waals surface area contributed by atoms with Crippen LogP contribution in [0.3, 0.4) is 0 Å². The molecule has 2 N–H and O–H groups in total. The number of hydrogen-bond acceptors (Lipinski definition) is 11. The maximum absolute atomic E-state index is 14.6. The molecule has 2 amide bonds. The third-order valence-corrected chi connectivity index (χ3v) is 15.3. The molecule has 1 unspecified atom stereocenters. The van der Waals surface area contributed by atoms with Crippen molar-refractivity contribution in [2.24, 2.45) is 23.2 Å². The monoisotopic (exact) mass is 907 g/mol. The number of hydrogen-bond donors (Lipinski definition) is 2. The maximum Gasteiger partial charge on any atom is 0.259 e. The topological polar surface area (TPSA) is 126 Å². The van der Waals surface area contributed by atoms with Crippen molar-refractivity contribution in [1.29, 1.82) is 0 Å². The highest BCUT2D eigenvalue weighted by Gasteiger charge is 2.44. The van der Waals surface area contributed by atoms with E-state index in [0.29, 0.717) is 36.8 Å². The van der Waals surface area contributed by atoms with Crippen LogP contribution in [0, 0.1) is 35.5 Å². The van der Waals surface area contributed by atoms with Gasteiger partial charge in [-0.2, -0.15) is 0 Å². The summed E-state index contributed by atoms with van der Waals surface area (Å²) in [6, 6.07) is 5.74. The van der Waals surface area contributed by atoms with Gasteiger partial charge in [-0.05, 0) is 118 Å². The van der Waals surface area contributed by atoms with E-state index >= 15 is 0 Å². The third kappa shape index (κ3) is 9.94. The minimum atomic E-state index is -0.753. The zero-order valence-electron chi connectivity index (χ0n) is 40.0. The molecule has 4 aromatic rings. The second kappa shape index (κ2) is 20.0. The summed E-state index contributed by atoms with van der Waals surface area (Å²) in [5.74, 6) is 3.87. The fourth-order valence-corrected chi connectivity index (χ4v) is 11.7. The molecule has 4 aliphatic heterocycles. The normalized spacial score (nSPS) is 21.1. The van der Waals surface area contributed by atoms with E-state index in [1.165, 1.54) is 16.6 Å². The molecule has 1 saturated carbocycles. The SMILES string of the molecule is C#Cc1cnc([C@H](C)OC)c(-c2c(CC(C)(C)COOC)c3cc(-c4csc(C[C@H](NC(=O)C(C(C)C)N5CC[C@@H](CN(C)CC)C5)C(=O)N5NCC6CC5C6)n4)cc4c3n2CCC4)c1. The maximum atomic E-state index is 14.6. The van der Waals surface area contributed by atoms with Crippen molar-refractivity contribution in [2.45, 2.75) is 117 Å². The van der Waals surface area contributed by atoms with Gasteiger partial charge in [-0.1, -0.05) is 40.5 Å². The quantitative estimate of drug-likeness (QED) is 0.0574. The standard InChI is InChI=1S/C51H70N8O5S/c1-11-33-20-40(45(52-25-33)32(5)62-9)48-41(24-51(6,7)30-64-63-10)39-22-37(21-36-14-13-16-58(48)47(36)39)43-29-65-44(54-43)23-42(50(61)59-38-18-35(19-38)26-53-59)55-49(60)46(31(3)4)57-17-15-34(28-57)27-56(8)12-2/h1,20-22,25,29,31-32,34-35,38,42,46,53H,12-19,23-24,26-28,30H2,2-10H3,(H,55,60)/t32-,34-,35?,38?,42-,46?/m0/s1. The van der Waals surface area contributed by atoms with Crippen molar-refractivity contribution in [3.63, 3.8) is 0 Å². The highest BCUT2D eigenvalue weighted by molar-refractivity contribution is 7.10. The fraction of sp³-hybridized carbons (Fsp3) is 0.608. The van der Waals surface area contributed by atoms with Gasteiger partial charge in [0, 0.05) is 79.4 Å². The van der Waals surface area contributed by atoms with Crippen LogP contribution in [0.4, 0.5) is 0 Å².